The van der Waals surface area contributed by atoms with E-state index < -0.39 is 11.6 Å². The van der Waals surface area contributed by atoms with E-state index in [4.69, 9.17) is 0 Å². The second-order valence-corrected chi connectivity index (χ2v) is 7.20. The second kappa shape index (κ2) is 9.83. The van der Waals surface area contributed by atoms with Crippen LogP contribution in [-0.2, 0) is 6.42 Å². The van der Waals surface area contributed by atoms with E-state index in [1.165, 1.54) is 6.07 Å². The fourth-order valence-electron chi connectivity index (χ4n) is 3.35. The Bertz CT molecular complexity index is 1210. The van der Waals surface area contributed by atoms with Gasteiger partial charge >= 0.3 is 0 Å². The van der Waals surface area contributed by atoms with Gasteiger partial charge in [-0.05, 0) is 65.7 Å². The number of amides is 1. The predicted molar refractivity (Wildman–Crippen MR) is 123 cm³/mol. The number of benzene rings is 3. The van der Waals surface area contributed by atoms with E-state index in [1.807, 2.05) is 30.3 Å². The van der Waals surface area contributed by atoms with Crippen molar-refractivity contribution in [1.82, 2.24) is 4.98 Å². The molecule has 0 aliphatic carbocycles. The average Bonchev–Trinajstić information content (AvgIpc) is 2.83. The highest BCUT2D eigenvalue weighted by molar-refractivity contribution is 6.08. The molecule has 0 spiro atoms. The van der Waals surface area contributed by atoms with Gasteiger partial charge in [-0.1, -0.05) is 30.3 Å². The van der Waals surface area contributed by atoms with E-state index in [9.17, 15) is 13.6 Å². The molecule has 0 fully saturated rings. The molecule has 0 bridgehead atoms. The Labute approximate surface area is 185 Å². The first-order valence-corrected chi connectivity index (χ1v) is 10.2. The molecule has 1 aromatic heterocycles. The summed E-state index contributed by atoms with van der Waals surface area (Å²) in [6.07, 6.45) is 2.58. The fraction of sp³-hybridized carbons (Fsp3) is 0.0769. The van der Waals surface area contributed by atoms with Gasteiger partial charge in [0.25, 0.3) is 5.91 Å². The van der Waals surface area contributed by atoms with Crippen molar-refractivity contribution in [3.63, 3.8) is 0 Å². The maximum absolute atomic E-state index is 13.7. The third-order valence-corrected chi connectivity index (χ3v) is 4.98. The molecule has 0 aliphatic rings. The smallest absolute Gasteiger partial charge is 0.256 e. The minimum atomic E-state index is -0.955. The Balaban J connectivity index is 1.41. The summed E-state index contributed by atoms with van der Waals surface area (Å²) in [5.74, 6) is -2.21. The zero-order chi connectivity index (χ0) is 22.3. The van der Waals surface area contributed by atoms with Crippen LogP contribution >= 0.6 is 0 Å². The standard InChI is InChI=1S/C26H21F2N3O/c27-24-13-8-18(17-25(24)28)22-6-1-2-7-23(22)26(32)31-21-11-9-20(10-12-21)30-16-14-19-5-3-4-15-29-19/h1-13,15,17,30H,14,16H2,(H,31,32). The lowest BCUT2D eigenvalue weighted by Crippen LogP contribution is -2.13. The summed E-state index contributed by atoms with van der Waals surface area (Å²) in [4.78, 5) is 17.2. The SMILES string of the molecule is O=C(Nc1ccc(NCCc2ccccn2)cc1)c1ccccc1-c1ccc(F)c(F)c1. The summed E-state index contributed by atoms with van der Waals surface area (Å²) >= 11 is 0. The van der Waals surface area contributed by atoms with Crippen LogP contribution in [0.15, 0.2) is 91.1 Å². The number of aromatic nitrogens is 1. The number of carbonyl (C=O) groups is 1. The molecule has 0 unspecified atom stereocenters. The van der Waals surface area contributed by atoms with Crippen LogP contribution in [0.1, 0.15) is 16.1 Å². The van der Waals surface area contributed by atoms with Crippen molar-refractivity contribution in [3.8, 4) is 11.1 Å². The highest BCUT2D eigenvalue weighted by Crippen LogP contribution is 2.26. The van der Waals surface area contributed by atoms with Gasteiger partial charge in [-0.3, -0.25) is 9.78 Å². The minimum absolute atomic E-state index is 0.332. The molecule has 0 aliphatic heterocycles. The van der Waals surface area contributed by atoms with Gasteiger partial charge in [-0.25, -0.2) is 8.78 Å². The van der Waals surface area contributed by atoms with Crippen molar-refractivity contribution in [2.45, 2.75) is 6.42 Å². The molecule has 1 amide bonds. The number of carbonyl (C=O) groups excluding carboxylic acids is 1. The molecule has 4 rings (SSSR count). The molecule has 1 heterocycles. The van der Waals surface area contributed by atoms with E-state index in [2.05, 4.69) is 15.6 Å². The summed E-state index contributed by atoms with van der Waals surface area (Å²) < 4.78 is 27.0. The van der Waals surface area contributed by atoms with Crippen LogP contribution in [0.2, 0.25) is 0 Å². The summed E-state index contributed by atoms with van der Waals surface area (Å²) in [6.45, 7) is 0.740. The lowest BCUT2D eigenvalue weighted by molar-refractivity contribution is 0.102. The molecular weight excluding hydrogens is 408 g/mol. The number of hydrogen-bond acceptors (Lipinski definition) is 3. The van der Waals surface area contributed by atoms with E-state index >= 15 is 0 Å². The van der Waals surface area contributed by atoms with E-state index in [1.54, 1.807) is 42.6 Å². The zero-order valence-electron chi connectivity index (χ0n) is 17.2. The number of pyridine rings is 1. The molecule has 2 N–H and O–H groups in total. The first-order valence-electron chi connectivity index (χ1n) is 10.2. The maximum atomic E-state index is 13.7. The van der Waals surface area contributed by atoms with Crippen molar-refractivity contribution >= 4 is 17.3 Å². The van der Waals surface area contributed by atoms with Gasteiger partial charge in [0.15, 0.2) is 11.6 Å². The Morgan fingerprint density at radius 2 is 1.56 bits per heavy atom. The Kier molecular flexibility index (Phi) is 6.51. The van der Waals surface area contributed by atoms with Crippen LogP contribution in [0.25, 0.3) is 11.1 Å². The number of halogens is 2. The highest BCUT2D eigenvalue weighted by atomic mass is 19.2. The molecule has 160 valence electrons. The maximum Gasteiger partial charge on any atom is 0.256 e. The van der Waals surface area contributed by atoms with Crippen molar-refractivity contribution in [2.24, 2.45) is 0 Å². The largest absolute Gasteiger partial charge is 0.385 e. The van der Waals surface area contributed by atoms with Crippen molar-refractivity contribution in [2.75, 3.05) is 17.2 Å². The molecule has 3 aromatic carbocycles. The number of hydrogen-bond donors (Lipinski definition) is 2. The van der Waals surface area contributed by atoms with Gasteiger partial charge in [0.2, 0.25) is 0 Å². The van der Waals surface area contributed by atoms with E-state index in [-0.39, 0.29) is 5.91 Å². The van der Waals surface area contributed by atoms with Gasteiger partial charge in [0, 0.05) is 41.8 Å². The molecule has 0 saturated heterocycles. The van der Waals surface area contributed by atoms with Crippen LogP contribution < -0.4 is 10.6 Å². The fourth-order valence-corrected chi connectivity index (χ4v) is 3.35. The van der Waals surface area contributed by atoms with Crippen LogP contribution in [0.5, 0.6) is 0 Å². The van der Waals surface area contributed by atoms with Gasteiger partial charge in [-0.2, -0.15) is 0 Å². The van der Waals surface area contributed by atoms with Crippen molar-refractivity contribution < 1.29 is 13.6 Å². The van der Waals surface area contributed by atoms with Crippen molar-refractivity contribution in [3.05, 3.63) is 114 Å². The first kappa shape index (κ1) is 21.2. The molecule has 0 atom stereocenters. The molecule has 4 aromatic rings. The average molecular weight is 429 g/mol. The molecule has 32 heavy (non-hydrogen) atoms. The number of anilines is 2. The number of nitrogens with zero attached hydrogens (tertiary/aromatic N) is 1. The van der Waals surface area contributed by atoms with Gasteiger partial charge < -0.3 is 10.6 Å². The number of nitrogens with one attached hydrogen (secondary N) is 2. The lowest BCUT2D eigenvalue weighted by Gasteiger charge is -2.12. The normalized spacial score (nSPS) is 10.6. The lowest BCUT2D eigenvalue weighted by atomic mass is 9.99. The van der Waals surface area contributed by atoms with E-state index in [0.717, 1.165) is 36.5 Å². The Hall–Kier alpha value is -4.06. The molecule has 0 radical (unpaired) electrons. The van der Waals surface area contributed by atoms with Gasteiger partial charge in [-0.15, -0.1) is 0 Å². The monoisotopic (exact) mass is 429 g/mol. The van der Waals surface area contributed by atoms with Crippen LogP contribution in [0, 0.1) is 11.6 Å². The molecule has 4 nitrogen and oxygen atoms in total. The quantitative estimate of drug-likeness (QED) is 0.383. The second-order valence-electron chi connectivity index (χ2n) is 7.20. The third kappa shape index (κ3) is 5.16. The first-order chi connectivity index (χ1) is 15.6. The summed E-state index contributed by atoms with van der Waals surface area (Å²) in [6, 6.07) is 23.7. The topological polar surface area (TPSA) is 54.0 Å². The summed E-state index contributed by atoms with van der Waals surface area (Å²) in [7, 11) is 0. The van der Waals surface area contributed by atoms with Gasteiger partial charge in [0.1, 0.15) is 0 Å². The molecular formula is C26H21F2N3O. The van der Waals surface area contributed by atoms with Crippen LogP contribution in [0.4, 0.5) is 20.2 Å². The highest BCUT2D eigenvalue weighted by Gasteiger charge is 2.14. The summed E-state index contributed by atoms with van der Waals surface area (Å²) in [5.41, 5.74) is 3.91. The molecule has 6 heteroatoms. The van der Waals surface area contributed by atoms with Crippen molar-refractivity contribution in [1.29, 1.82) is 0 Å². The van der Waals surface area contributed by atoms with Crippen LogP contribution in [0.3, 0.4) is 0 Å². The zero-order valence-corrected chi connectivity index (χ0v) is 17.2. The minimum Gasteiger partial charge on any atom is -0.385 e. The Morgan fingerprint density at radius 3 is 2.31 bits per heavy atom. The third-order valence-electron chi connectivity index (χ3n) is 4.98. The predicted octanol–water partition coefficient (Wildman–Crippen LogP) is 5.93. The molecule has 0 saturated carbocycles. The Morgan fingerprint density at radius 1 is 0.812 bits per heavy atom. The number of rotatable bonds is 7. The van der Waals surface area contributed by atoms with Gasteiger partial charge in [0.05, 0.1) is 0 Å². The van der Waals surface area contributed by atoms with Crippen LogP contribution in [-0.4, -0.2) is 17.4 Å². The summed E-state index contributed by atoms with van der Waals surface area (Å²) in [5, 5.41) is 6.19. The van der Waals surface area contributed by atoms with E-state index in [0.29, 0.717) is 22.4 Å².